The van der Waals surface area contributed by atoms with Crippen LogP contribution in [0.3, 0.4) is 0 Å². The minimum atomic E-state index is 0.722. The monoisotopic (exact) mass is 192 g/mol. The Morgan fingerprint density at radius 1 is 1.23 bits per heavy atom. The Labute approximate surface area is 86.0 Å². The lowest BCUT2D eigenvalue weighted by Crippen LogP contribution is -1.95. The molecule has 0 aliphatic rings. The van der Waals surface area contributed by atoms with Crippen molar-refractivity contribution in [3.8, 4) is 0 Å². The average molecular weight is 192 g/mol. The van der Waals surface area contributed by atoms with Gasteiger partial charge in [-0.15, -0.1) is 0 Å². The molecule has 1 heteroatoms. The van der Waals surface area contributed by atoms with E-state index >= 15 is 0 Å². The third kappa shape index (κ3) is 3.27. The average Bonchev–Trinajstić information content (AvgIpc) is 2.04. The topological polar surface area (TPSA) is 0 Å². The van der Waals surface area contributed by atoms with Crippen LogP contribution >= 0.6 is 12.2 Å². The first-order valence-electron chi connectivity index (χ1n) is 4.69. The Morgan fingerprint density at radius 3 is 2.15 bits per heavy atom. The van der Waals surface area contributed by atoms with E-state index in [1.165, 1.54) is 11.1 Å². The largest absolute Gasteiger partial charge is 0.0846 e. The first kappa shape index (κ1) is 10.4. The van der Waals surface area contributed by atoms with Crippen LogP contribution in [0.25, 0.3) is 0 Å². The van der Waals surface area contributed by atoms with Crippen molar-refractivity contribution >= 4 is 17.1 Å². The molecule has 0 heterocycles. The summed E-state index contributed by atoms with van der Waals surface area (Å²) in [6, 6.07) is 8.57. The first-order valence-corrected chi connectivity index (χ1v) is 5.10. The molecule has 0 unspecified atom stereocenters. The van der Waals surface area contributed by atoms with E-state index in [4.69, 9.17) is 12.2 Å². The number of thiocarbonyl (C=S) groups is 1. The van der Waals surface area contributed by atoms with Crippen LogP contribution in [0.2, 0.25) is 0 Å². The lowest BCUT2D eigenvalue weighted by Gasteiger charge is -2.05. The highest BCUT2D eigenvalue weighted by Gasteiger charge is 1.98. The number of hydrogen-bond acceptors (Lipinski definition) is 1. The first-order chi connectivity index (χ1) is 6.09. The van der Waals surface area contributed by atoms with Gasteiger partial charge in [0.25, 0.3) is 0 Å². The van der Waals surface area contributed by atoms with Gasteiger partial charge < -0.3 is 0 Å². The van der Waals surface area contributed by atoms with Gasteiger partial charge in [0.2, 0.25) is 0 Å². The highest BCUT2D eigenvalue weighted by molar-refractivity contribution is 7.80. The molecule has 0 saturated heterocycles. The predicted octanol–water partition coefficient (Wildman–Crippen LogP) is 3.62. The molecule has 0 spiro atoms. The maximum absolute atomic E-state index is 5.09. The molecule has 0 N–H and O–H groups in total. The summed E-state index contributed by atoms with van der Waals surface area (Å²) in [5, 5.41) is 0. The quantitative estimate of drug-likeness (QED) is 0.520. The fourth-order valence-electron chi connectivity index (χ4n) is 1.35. The van der Waals surface area contributed by atoms with Gasteiger partial charge in [0.1, 0.15) is 0 Å². The molecule has 0 fully saturated rings. The van der Waals surface area contributed by atoms with Crippen molar-refractivity contribution in [1.82, 2.24) is 0 Å². The number of hydrogen-bond donors (Lipinski definition) is 0. The summed E-state index contributed by atoms with van der Waals surface area (Å²) in [4.78, 5) is 0.969. The van der Waals surface area contributed by atoms with Gasteiger partial charge >= 0.3 is 0 Å². The molecule has 1 aromatic rings. The van der Waals surface area contributed by atoms with Crippen molar-refractivity contribution in [3.63, 3.8) is 0 Å². The highest BCUT2D eigenvalue weighted by atomic mass is 32.1. The number of rotatable bonds is 3. The van der Waals surface area contributed by atoms with Gasteiger partial charge in [0, 0.05) is 4.86 Å². The lowest BCUT2D eigenvalue weighted by molar-refractivity contribution is 0.647. The summed E-state index contributed by atoms with van der Waals surface area (Å²) in [6.07, 6.45) is 1.15. The molecule has 13 heavy (non-hydrogen) atoms. The molecule has 0 aliphatic heterocycles. The van der Waals surface area contributed by atoms with Gasteiger partial charge in [-0.3, -0.25) is 0 Å². The van der Waals surface area contributed by atoms with E-state index in [0.29, 0.717) is 0 Å². The molecule has 0 amide bonds. The summed E-state index contributed by atoms with van der Waals surface area (Å²) in [5.74, 6) is 0.722. The zero-order chi connectivity index (χ0) is 9.84. The molecule has 70 valence electrons. The van der Waals surface area contributed by atoms with Crippen LogP contribution in [0.15, 0.2) is 24.3 Å². The van der Waals surface area contributed by atoms with Crippen molar-refractivity contribution in [2.45, 2.75) is 27.2 Å². The molecule has 0 aromatic heterocycles. The van der Waals surface area contributed by atoms with Crippen molar-refractivity contribution in [1.29, 1.82) is 0 Å². The van der Waals surface area contributed by atoms with Crippen LogP contribution in [0, 0.1) is 5.92 Å². The molecule has 0 radical (unpaired) electrons. The van der Waals surface area contributed by atoms with Crippen molar-refractivity contribution < 1.29 is 0 Å². The van der Waals surface area contributed by atoms with Crippen molar-refractivity contribution in [2.24, 2.45) is 5.92 Å². The van der Waals surface area contributed by atoms with E-state index in [1.54, 1.807) is 0 Å². The molecular weight excluding hydrogens is 176 g/mol. The van der Waals surface area contributed by atoms with Gasteiger partial charge in [-0.2, -0.15) is 0 Å². The van der Waals surface area contributed by atoms with E-state index in [0.717, 1.165) is 17.2 Å². The summed E-state index contributed by atoms with van der Waals surface area (Å²) < 4.78 is 0. The van der Waals surface area contributed by atoms with Crippen LogP contribution in [0.1, 0.15) is 31.9 Å². The van der Waals surface area contributed by atoms with Crippen LogP contribution in [-0.4, -0.2) is 4.86 Å². The minimum Gasteiger partial charge on any atom is -0.0846 e. The Kier molecular flexibility index (Phi) is 3.61. The second-order valence-corrected chi connectivity index (χ2v) is 4.46. The predicted molar refractivity (Wildman–Crippen MR) is 62.4 cm³/mol. The van der Waals surface area contributed by atoms with Crippen LogP contribution in [-0.2, 0) is 6.42 Å². The molecule has 1 rings (SSSR count). The zero-order valence-electron chi connectivity index (χ0n) is 8.50. The number of benzene rings is 1. The molecule has 1 aromatic carbocycles. The maximum atomic E-state index is 5.09. The zero-order valence-corrected chi connectivity index (χ0v) is 9.32. The normalized spacial score (nSPS) is 10.5. The fraction of sp³-hybridized carbons (Fsp3) is 0.417. The van der Waals surface area contributed by atoms with Crippen molar-refractivity contribution in [3.05, 3.63) is 35.4 Å². The summed E-state index contributed by atoms with van der Waals surface area (Å²) in [7, 11) is 0. The fourth-order valence-corrected chi connectivity index (χ4v) is 1.48. The molecule has 0 saturated carbocycles. The Hall–Kier alpha value is -0.690. The molecule has 0 aliphatic carbocycles. The van der Waals surface area contributed by atoms with Gasteiger partial charge in [-0.05, 0) is 30.4 Å². The van der Waals surface area contributed by atoms with E-state index in [-0.39, 0.29) is 0 Å². The summed E-state index contributed by atoms with van der Waals surface area (Å²) >= 11 is 5.09. The van der Waals surface area contributed by atoms with Gasteiger partial charge in [0.05, 0.1) is 0 Å². The van der Waals surface area contributed by atoms with Crippen molar-refractivity contribution in [2.75, 3.05) is 0 Å². The smallest absolute Gasteiger partial charge is 0.0193 e. The third-order valence-corrected chi connectivity index (χ3v) is 2.24. The summed E-state index contributed by atoms with van der Waals surface area (Å²) in [6.45, 7) is 6.43. The molecule has 0 nitrogen and oxygen atoms in total. The Balaban J connectivity index is 2.75. The van der Waals surface area contributed by atoms with E-state index in [9.17, 15) is 0 Å². The maximum Gasteiger partial charge on any atom is 0.0193 e. The molecular formula is C12H16S. The third-order valence-electron chi connectivity index (χ3n) is 2.00. The van der Waals surface area contributed by atoms with Gasteiger partial charge in [-0.1, -0.05) is 50.3 Å². The molecule has 0 atom stereocenters. The van der Waals surface area contributed by atoms with Gasteiger partial charge in [-0.25, -0.2) is 0 Å². The van der Waals surface area contributed by atoms with Crippen LogP contribution in [0.4, 0.5) is 0 Å². The lowest BCUT2D eigenvalue weighted by atomic mass is 10.0. The standard InChI is InChI=1S/C12H16S/c1-9(2)8-11-4-6-12(7-5-11)10(3)13/h4-7,9H,8H2,1-3H3. The second-order valence-electron chi connectivity index (χ2n) is 3.85. The Bertz CT molecular complexity index is 282. The Morgan fingerprint density at radius 2 is 1.77 bits per heavy atom. The minimum absolute atomic E-state index is 0.722. The molecule has 0 bridgehead atoms. The van der Waals surface area contributed by atoms with E-state index in [2.05, 4.69) is 38.1 Å². The van der Waals surface area contributed by atoms with E-state index < -0.39 is 0 Å². The highest BCUT2D eigenvalue weighted by Crippen LogP contribution is 2.10. The van der Waals surface area contributed by atoms with E-state index in [1.807, 2.05) is 6.92 Å². The van der Waals surface area contributed by atoms with Crippen LogP contribution in [0.5, 0.6) is 0 Å². The van der Waals surface area contributed by atoms with Gasteiger partial charge in [0.15, 0.2) is 0 Å². The van der Waals surface area contributed by atoms with Crippen LogP contribution < -0.4 is 0 Å². The second kappa shape index (κ2) is 4.52. The SMILES string of the molecule is CC(=S)c1ccc(CC(C)C)cc1. The summed E-state index contributed by atoms with van der Waals surface area (Å²) in [5.41, 5.74) is 2.57.